The van der Waals surface area contributed by atoms with Gasteiger partial charge in [0.15, 0.2) is 0 Å². The molecule has 0 saturated carbocycles. The first-order valence-corrected chi connectivity index (χ1v) is 6.89. The van der Waals surface area contributed by atoms with Gasteiger partial charge in [-0.2, -0.15) is 0 Å². The number of nitrogens with zero attached hydrogens (tertiary/aromatic N) is 2. The Balaban J connectivity index is 1.85. The first kappa shape index (κ1) is 13.9. The molecule has 0 saturated heterocycles. The van der Waals surface area contributed by atoms with Crippen LogP contribution < -0.4 is 5.56 Å². The van der Waals surface area contributed by atoms with Crippen LogP contribution in [0.2, 0.25) is 5.02 Å². The smallest absolute Gasteiger partial charge is 0.258 e. The minimum Gasteiger partial charge on any atom is -0.468 e. The number of hydrogen-bond donors (Lipinski definition) is 1. The van der Waals surface area contributed by atoms with E-state index < -0.39 is 0 Å². The van der Waals surface area contributed by atoms with Crippen molar-refractivity contribution in [2.24, 2.45) is 0 Å². The van der Waals surface area contributed by atoms with Crippen LogP contribution in [0, 0.1) is 0 Å². The van der Waals surface area contributed by atoms with Gasteiger partial charge in [0.05, 0.1) is 30.3 Å². The summed E-state index contributed by atoms with van der Waals surface area (Å²) >= 11 is 5.95. The maximum absolute atomic E-state index is 12.0. The number of H-pyrrole nitrogens is 1. The summed E-state index contributed by atoms with van der Waals surface area (Å²) in [6.07, 6.45) is 1.64. The maximum Gasteiger partial charge on any atom is 0.258 e. The van der Waals surface area contributed by atoms with Crippen molar-refractivity contribution in [1.82, 2.24) is 14.9 Å². The second-order valence-electron chi connectivity index (χ2n) is 4.93. The zero-order valence-electron chi connectivity index (χ0n) is 11.5. The Bertz CT molecular complexity index is 811. The number of halogens is 1. The van der Waals surface area contributed by atoms with E-state index in [1.54, 1.807) is 24.5 Å². The fourth-order valence-electron chi connectivity index (χ4n) is 2.22. The van der Waals surface area contributed by atoms with Crippen molar-refractivity contribution < 1.29 is 4.42 Å². The molecule has 0 amide bonds. The van der Waals surface area contributed by atoms with E-state index in [0.717, 1.165) is 5.76 Å². The molecule has 1 aromatic carbocycles. The number of aromatic nitrogens is 2. The number of benzene rings is 1. The molecular formula is C15H14ClN3O2. The van der Waals surface area contributed by atoms with Gasteiger partial charge in [0.2, 0.25) is 0 Å². The molecule has 0 aliphatic carbocycles. The van der Waals surface area contributed by atoms with E-state index in [2.05, 4.69) is 9.97 Å². The molecule has 2 aromatic heterocycles. The summed E-state index contributed by atoms with van der Waals surface area (Å²) in [5.41, 5.74) is 0.450. The molecule has 5 nitrogen and oxygen atoms in total. The fraction of sp³-hybridized carbons (Fsp3) is 0.200. The zero-order valence-corrected chi connectivity index (χ0v) is 12.2. The largest absolute Gasteiger partial charge is 0.468 e. The van der Waals surface area contributed by atoms with E-state index in [1.807, 2.05) is 24.1 Å². The van der Waals surface area contributed by atoms with E-state index in [4.69, 9.17) is 16.0 Å². The molecule has 21 heavy (non-hydrogen) atoms. The predicted octanol–water partition coefficient (Wildman–Crippen LogP) is 2.80. The van der Waals surface area contributed by atoms with Crippen LogP contribution in [0.25, 0.3) is 10.9 Å². The molecule has 0 unspecified atom stereocenters. The van der Waals surface area contributed by atoms with E-state index in [1.165, 1.54) is 0 Å². The molecule has 0 aliphatic rings. The van der Waals surface area contributed by atoms with Crippen LogP contribution in [0.3, 0.4) is 0 Å². The lowest BCUT2D eigenvalue weighted by Crippen LogP contribution is -2.21. The highest BCUT2D eigenvalue weighted by Gasteiger charge is 2.08. The van der Waals surface area contributed by atoms with Gasteiger partial charge in [-0.25, -0.2) is 4.98 Å². The minimum absolute atomic E-state index is 0.155. The summed E-state index contributed by atoms with van der Waals surface area (Å²) in [5.74, 6) is 1.47. The van der Waals surface area contributed by atoms with Gasteiger partial charge in [0.25, 0.3) is 5.56 Å². The number of rotatable bonds is 4. The number of fused-ring (bicyclic) bond motifs is 1. The summed E-state index contributed by atoms with van der Waals surface area (Å²) in [7, 11) is 1.94. The standard InChI is InChI=1S/C15H14ClN3O2/c1-19(8-11-3-2-6-21-11)9-14-17-13-7-10(16)4-5-12(13)15(20)18-14/h2-7H,8-9H2,1H3,(H,17,18,20). The van der Waals surface area contributed by atoms with Gasteiger partial charge < -0.3 is 9.40 Å². The monoisotopic (exact) mass is 303 g/mol. The third kappa shape index (κ3) is 3.15. The molecule has 1 N–H and O–H groups in total. The predicted molar refractivity (Wildman–Crippen MR) is 81.3 cm³/mol. The summed E-state index contributed by atoms with van der Waals surface area (Å²) < 4.78 is 5.30. The Morgan fingerprint density at radius 3 is 2.95 bits per heavy atom. The van der Waals surface area contributed by atoms with Crippen LogP contribution in [0.4, 0.5) is 0 Å². The van der Waals surface area contributed by atoms with E-state index in [-0.39, 0.29) is 5.56 Å². The molecular weight excluding hydrogens is 290 g/mol. The van der Waals surface area contributed by atoms with Gasteiger partial charge in [0, 0.05) is 5.02 Å². The number of hydrogen-bond acceptors (Lipinski definition) is 4. The lowest BCUT2D eigenvalue weighted by Gasteiger charge is -2.14. The molecule has 0 radical (unpaired) electrons. The van der Waals surface area contributed by atoms with Crippen LogP contribution in [0.5, 0.6) is 0 Å². The maximum atomic E-state index is 12.0. The second kappa shape index (κ2) is 5.71. The Hall–Kier alpha value is -2.11. The normalized spacial score (nSPS) is 11.4. The van der Waals surface area contributed by atoms with Crippen molar-refractivity contribution in [3.05, 3.63) is 63.6 Å². The van der Waals surface area contributed by atoms with Gasteiger partial charge in [-0.1, -0.05) is 11.6 Å². The van der Waals surface area contributed by atoms with Gasteiger partial charge in [-0.3, -0.25) is 9.69 Å². The summed E-state index contributed by atoms with van der Waals surface area (Å²) in [6, 6.07) is 8.82. The third-order valence-electron chi connectivity index (χ3n) is 3.14. The van der Waals surface area contributed by atoms with Gasteiger partial charge >= 0.3 is 0 Å². The molecule has 3 rings (SSSR count). The molecule has 0 aliphatic heterocycles. The second-order valence-corrected chi connectivity index (χ2v) is 5.36. The van der Waals surface area contributed by atoms with Gasteiger partial charge in [-0.05, 0) is 37.4 Å². The molecule has 0 atom stereocenters. The molecule has 0 fully saturated rings. The fourth-order valence-corrected chi connectivity index (χ4v) is 2.38. The zero-order chi connectivity index (χ0) is 14.8. The molecule has 3 aromatic rings. The Morgan fingerprint density at radius 2 is 2.19 bits per heavy atom. The van der Waals surface area contributed by atoms with Crippen LogP contribution in [0.1, 0.15) is 11.6 Å². The van der Waals surface area contributed by atoms with Crippen molar-refractivity contribution in [3.63, 3.8) is 0 Å². The van der Waals surface area contributed by atoms with E-state index >= 15 is 0 Å². The summed E-state index contributed by atoms with van der Waals surface area (Å²) in [6.45, 7) is 1.16. The number of aromatic amines is 1. The quantitative estimate of drug-likeness (QED) is 0.805. The van der Waals surface area contributed by atoms with Crippen molar-refractivity contribution in [1.29, 1.82) is 0 Å². The lowest BCUT2D eigenvalue weighted by molar-refractivity contribution is 0.281. The van der Waals surface area contributed by atoms with Crippen molar-refractivity contribution in [3.8, 4) is 0 Å². The van der Waals surface area contributed by atoms with Crippen molar-refractivity contribution in [2.45, 2.75) is 13.1 Å². The Labute approximate surface area is 126 Å². The average Bonchev–Trinajstić information content (AvgIpc) is 2.90. The van der Waals surface area contributed by atoms with E-state index in [0.29, 0.717) is 34.8 Å². The van der Waals surface area contributed by atoms with Crippen molar-refractivity contribution in [2.75, 3.05) is 7.05 Å². The Kier molecular flexibility index (Phi) is 3.77. The topological polar surface area (TPSA) is 62.1 Å². The van der Waals surface area contributed by atoms with E-state index in [9.17, 15) is 4.79 Å². The van der Waals surface area contributed by atoms with Crippen LogP contribution >= 0.6 is 11.6 Å². The number of furan rings is 1. The molecule has 108 valence electrons. The van der Waals surface area contributed by atoms with Crippen LogP contribution in [0.15, 0.2) is 45.8 Å². The molecule has 0 spiro atoms. The average molecular weight is 304 g/mol. The first-order chi connectivity index (χ1) is 10.1. The highest BCUT2D eigenvalue weighted by atomic mass is 35.5. The van der Waals surface area contributed by atoms with Gasteiger partial charge in [0.1, 0.15) is 11.6 Å². The molecule has 2 heterocycles. The third-order valence-corrected chi connectivity index (χ3v) is 3.38. The van der Waals surface area contributed by atoms with Crippen LogP contribution in [-0.2, 0) is 13.1 Å². The lowest BCUT2D eigenvalue weighted by atomic mass is 10.2. The number of nitrogens with one attached hydrogen (secondary N) is 1. The Morgan fingerprint density at radius 1 is 1.33 bits per heavy atom. The van der Waals surface area contributed by atoms with Gasteiger partial charge in [-0.15, -0.1) is 0 Å². The minimum atomic E-state index is -0.155. The van der Waals surface area contributed by atoms with Crippen molar-refractivity contribution >= 4 is 22.5 Å². The highest BCUT2D eigenvalue weighted by molar-refractivity contribution is 6.31. The van der Waals surface area contributed by atoms with Crippen LogP contribution in [-0.4, -0.2) is 21.9 Å². The molecule has 0 bridgehead atoms. The SMILES string of the molecule is CN(Cc1nc2cc(Cl)ccc2c(=O)[nH]1)Cc1ccco1. The summed E-state index contributed by atoms with van der Waals surface area (Å²) in [5, 5.41) is 1.10. The highest BCUT2D eigenvalue weighted by Crippen LogP contribution is 2.15. The summed E-state index contributed by atoms with van der Waals surface area (Å²) in [4.78, 5) is 21.3. The molecule has 6 heteroatoms. The first-order valence-electron chi connectivity index (χ1n) is 6.51.